The summed E-state index contributed by atoms with van der Waals surface area (Å²) in [5.41, 5.74) is 7.43. The van der Waals surface area contributed by atoms with Gasteiger partial charge in [0, 0.05) is 22.3 Å². The fourth-order valence-corrected chi connectivity index (χ4v) is 2.58. The lowest BCUT2D eigenvalue weighted by molar-refractivity contribution is 0.201. The molecule has 0 unspecified atom stereocenters. The first-order chi connectivity index (χ1) is 12.7. The predicted molar refractivity (Wildman–Crippen MR) is 102 cm³/mol. The van der Waals surface area contributed by atoms with Crippen LogP contribution in [0.2, 0.25) is 5.02 Å². The van der Waals surface area contributed by atoms with Crippen LogP contribution in [0.3, 0.4) is 0 Å². The maximum absolute atomic E-state index is 6.00. The van der Waals surface area contributed by atoms with Crippen molar-refractivity contribution in [3.8, 4) is 23.0 Å². The standard InChI is InChI=1S/C17H16ClN5O2S/c1-26-13-8-20-17(21-9-13)25-7-6-24-16-14(15(19)22-10-23-16)11-2-4-12(18)5-3-11/h2-5,8-10H,6-7H2,1H3,(H2,19,22,23). The SMILES string of the molecule is CSc1cnc(OCCOc2ncnc(N)c2-c2ccc(Cl)cc2)nc1. The normalized spacial score (nSPS) is 10.5. The number of nitrogen functional groups attached to an aromatic ring is 1. The maximum Gasteiger partial charge on any atom is 0.316 e. The largest absolute Gasteiger partial charge is 0.473 e. The second kappa shape index (κ2) is 8.68. The number of anilines is 1. The van der Waals surface area contributed by atoms with E-state index < -0.39 is 0 Å². The fraction of sp³-hybridized carbons (Fsp3) is 0.176. The van der Waals surface area contributed by atoms with Gasteiger partial charge in [-0.2, -0.15) is 0 Å². The van der Waals surface area contributed by atoms with Gasteiger partial charge in [0.25, 0.3) is 0 Å². The van der Waals surface area contributed by atoms with Crippen LogP contribution in [-0.4, -0.2) is 39.4 Å². The molecule has 7 nitrogen and oxygen atoms in total. The van der Waals surface area contributed by atoms with Crippen LogP contribution < -0.4 is 15.2 Å². The molecule has 3 aromatic rings. The molecule has 9 heteroatoms. The van der Waals surface area contributed by atoms with Gasteiger partial charge in [0.05, 0.1) is 5.56 Å². The highest BCUT2D eigenvalue weighted by atomic mass is 35.5. The van der Waals surface area contributed by atoms with Crippen LogP contribution in [0.25, 0.3) is 11.1 Å². The highest BCUT2D eigenvalue weighted by molar-refractivity contribution is 7.98. The van der Waals surface area contributed by atoms with E-state index in [-0.39, 0.29) is 13.2 Å². The van der Waals surface area contributed by atoms with E-state index in [1.807, 2.05) is 18.4 Å². The summed E-state index contributed by atoms with van der Waals surface area (Å²) >= 11 is 7.50. The van der Waals surface area contributed by atoms with E-state index in [0.29, 0.717) is 28.3 Å². The second-order valence-electron chi connectivity index (χ2n) is 5.05. The van der Waals surface area contributed by atoms with Crippen LogP contribution >= 0.6 is 23.4 Å². The number of aromatic nitrogens is 4. The van der Waals surface area contributed by atoms with Crippen molar-refractivity contribution in [2.45, 2.75) is 4.90 Å². The predicted octanol–water partition coefficient (Wildman–Crippen LogP) is 3.35. The van der Waals surface area contributed by atoms with Gasteiger partial charge in [0.2, 0.25) is 5.88 Å². The van der Waals surface area contributed by atoms with Crippen LogP contribution in [0, 0.1) is 0 Å². The van der Waals surface area contributed by atoms with Gasteiger partial charge < -0.3 is 15.2 Å². The van der Waals surface area contributed by atoms with Gasteiger partial charge in [-0.25, -0.2) is 19.9 Å². The molecule has 0 atom stereocenters. The third-order valence-electron chi connectivity index (χ3n) is 3.37. The van der Waals surface area contributed by atoms with Gasteiger partial charge in [-0.1, -0.05) is 23.7 Å². The van der Waals surface area contributed by atoms with Crippen molar-refractivity contribution in [1.29, 1.82) is 0 Å². The van der Waals surface area contributed by atoms with E-state index in [2.05, 4.69) is 19.9 Å². The second-order valence-corrected chi connectivity index (χ2v) is 6.36. The van der Waals surface area contributed by atoms with Gasteiger partial charge in [-0.3, -0.25) is 0 Å². The molecule has 0 aliphatic heterocycles. The monoisotopic (exact) mass is 389 g/mol. The van der Waals surface area contributed by atoms with Crippen molar-refractivity contribution >= 4 is 29.2 Å². The van der Waals surface area contributed by atoms with Crippen molar-refractivity contribution in [3.63, 3.8) is 0 Å². The Kier molecular flexibility index (Phi) is 6.08. The highest BCUT2D eigenvalue weighted by Crippen LogP contribution is 2.32. The van der Waals surface area contributed by atoms with Gasteiger partial charge in [0.15, 0.2) is 0 Å². The molecule has 0 spiro atoms. The van der Waals surface area contributed by atoms with Crippen LogP contribution in [0.4, 0.5) is 5.82 Å². The molecule has 1 aromatic carbocycles. The first-order valence-corrected chi connectivity index (χ1v) is 9.25. The van der Waals surface area contributed by atoms with E-state index in [0.717, 1.165) is 10.5 Å². The summed E-state index contributed by atoms with van der Waals surface area (Å²) in [6.07, 6.45) is 6.73. The van der Waals surface area contributed by atoms with Gasteiger partial charge in [0.1, 0.15) is 25.4 Å². The smallest absolute Gasteiger partial charge is 0.316 e. The molecule has 0 saturated carbocycles. The zero-order valence-corrected chi connectivity index (χ0v) is 15.5. The molecule has 2 heterocycles. The molecule has 0 aliphatic rings. The van der Waals surface area contributed by atoms with Crippen molar-refractivity contribution < 1.29 is 9.47 Å². The molecule has 0 amide bonds. The summed E-state index contributed by atoms with van der Waals surface area (Å²) in [6, 6.07) is 7.51. The molecule has 0 saturated heterocycles. The minimum Gasteiger partial charge on any atom is -0.473 e. The molecule has 2 aromatic heterocycles. The molecule has 0 bridgehead atoms. The quantitative estimate of drug-likeness (QED) is 0.485. The summed E-state index contributed by atoms with van der Waals surface area (Å²) in [4.78, 5) is 17.4. The Morgan fingerprint density at radius 3 is 2.38 bits per heavy atom. The van der Waals surface area contributed by atoms with Crippen molar-refractivity contribution in [2.75, 3.05) is 25.2 Å². The lowest BCUT2D eigenvalue weighted by atomic mass is 10.1. The third-order valence-corrected chi connectivity index (χ3v) is 4.30. The topological polar surface area (TPSA) is 96.0 Å². The Balaban J connectivity index is 1.64. The molecule has 0 fully saturated rings. The fourth-order valence-electron chi connectivity index (χ4n) is 2.14. The Labute approximate surface area is 160 Å². The minimum atomic E-state index is 0.255. The van der Waals surface area contributed by atoms with Crippen molar-refractivity contribution in [3.05, 3.63) is 48.0 Å². The van der Waals surface area contributed by atoms with Crippen molar-refractivity contribution in [1.82, 2.24) is 19.9 Å². The van der Waals surface area contributed by atoms with E-state index in [9.17, 15) is 0 Å². The van der Waals surface area contributed by atoms with E-state index >= 15 is 0 Å². The molecule has 0 radical (unpaired) electrons. The van der Waals surface area contributed by atoms with E-state index in [4.69, 9.17) is 26.8 Å². The summed E-state index contributed by atoms with van der Waals surface area (Å²) in [5.74, 6) is 0.705. The maximum atomic E-state index is 6.00. The summed E-state index contributed by atoms with van der Waals surface area (Å²) < 4.78 is 11.2. The first kappa shape index (κ1) is 18.2. The molecular formula is C17H16ClN5O2S. The number of thioether (sulfide) groups is 1. The summed E-state index contributed by atoms with van der Waals surface area (Å²) in [6.45, 7) is 0.521. The van der Waals surface area contributed by atoms with E-state index in [1.54, 1.807) is 36.3 Å². The molecular weight excluding hydrogens is 374 g/mol. The number of hydrogen-bond donors (Lipinski definition) is 1. The number of ether oxygens (including phenoxy) is 2. The molecule has 26 heavy (non-hydrogen) atoms. The summed E-state index contributed by atoms with van der Waals surface area (Å²) in [5, 5.41) is 0.632. The van der Waals surface area contributed by atoms with E-state index in [1.165, 1.54) is 6.33 Å². The Morgan fingerprint density at radius 2 is 1.69 bits per heavy atom. The minimum absolute atomic E-state index is 0.255. The van der Waals surface area contributed by atoms with Gasteiger partial charge in [-0.15, -0.1) is 11.8 Å². The Hall–Kier alpha value is -2.58. The number of rotatable bonds is 7. The average Bonchev–Trinajstić information content (AvgIpc) is 2.67. The number of nitrogens with two attached hydrogens (primary N) is 1. The Bertz CT molecular complexity index is 862. The molecule has 0 aliphatic carbocycles. The average molecular weight is 390 g/mol. The lowest BCUT2D eigenvalue weighted by Gasteiger charge is -2.12. The van der Waals surface area contributed by atoms with Gasteiger partial charge >= 0.3 is 6.01 Å². The van der Waals surface area contributed by atoms with Crippen LogP contribution in [-0.2, 0) is 0 Å². The van der Waals surface area contributed by atoms with Crippen LogP contribution in [0.1, 0.15) is 0 Å². The van der Waals surface area contributed by atoms with Gasteiger partial charge in [-0.05, 0) is 24.0 Å². The molecule has 2 N–H and O–H groups in total. The summed E-state index contributed by atoms with van der Waals surface area (Å²) in [7, 11) is 0. The lowest BCUT2D eigenvalue weighted by Crippen LogP contribution is -2.12. The number of benzene rings is 1. The van der Waals surface area contributed by atoms with Crippen molar-refractivity contribution in [2.24, 2.45) is 0 Å². The molecule has 3 rings (SSSR count). The highest BCUT2D eigenvalue weighted by Gasteiger charge is 2.13. The number of hydrogen-bond acceptors (Lipinski definition) is 8. The zero-order valence-electron chi connectivity index (χ0n) is 13.9. The Morgan fingerprint density at radius 1 is 1.00 bits per heavy atom. The number of halogens is 1. The zero-order chi connectivity index (χ0) is 18.4. The first-order valence-electron chi connectivity index (χ1n) is 7.65. The van der Waals surface area contributed by atoms with Crippen LogP contribution in [0.15, 0.2) is 47.9 Å². The third kappa shape index (κ3) is 4.53. The molecule has 134 valence electrons. The number of nitrogens with zero attached hydrogens (tertiary/aromatic N) is 4. The van der Waals surface area contributed by atoms with Crippen LogP contribution in [0.5, 0.6) is 11.9 Å².